The van der Waals surface area contributed by atoms with Crippen LogP contribution in [0.5, 0.6) is 0 Å². The van der Waals surface area contributed by atoms with Crippen LogP contribution < -0.4 is 5.32 Å². The van der Waals surface area contributed by atoms with Crippen LogP contribution in [0.25, 0.3) is 11.3 Å². The Balaban J connectivity index is 1.47. The highest BCUT2D eigenvalue weighted by atomic mass is 32.1. The van der Waals surface area contributed by atoms with Crippen molar-refractivity contribution in [3.63, 3.8) is 0 Å². The number of ether oxygens (including phenoxy) is 1. The first-order valence-electron chi connectivity index (χ1n) is 9.77. The van der Waals surface area contributed by atoms with E-state index in [4.69, 9.17) is 4.74 Å². The molecule has 0 bridgehead atoms. The molecule has 1 aromatic carbocycles. The van der Waals surface area contributed by atoms with Gasteiger partial charge in [0.2, 0.25) is 0 Å². The molecule has 0 saturated heterocycles. The summed E-state index contributed by atoms with van der Waals surface area (Å²) in [4.78, 5) is 32.2. The molecule has 0 radical (unpaired) electrons. The Kier molecular flexibility index (Phi) is 5.48. The average Bonchev–Trinajstić information content (AvgIpc) is 3.33. The van der Waals surface area contributed by atoms with Crippen LogP contribution in [0.15, 0.2) is 30.5 Å². The third-order valence-corrected chi connectivity index (χ3v) is 5.62. The number of hydrogen-bond donors (Lipinski definition) is 2. The molecule has 0 fully saturated rings. The molecule has 3 heterocycles. The number of amides is 2. The highest BCUT2D eigenvalue weighted by Gasteiger charge is 2.28. The van der Waals surface area contributed by atoms with Gasteiger partial charge in [-0.15, -0.1) is 0 Å². The monoisotopic (exact) mass is 443 g/mol. The quantitative estimate of drug-likeness (QED) is 0.631. The molecular formula is C21H22FN5O3S. The van der Waals surface area contributed by atoms with E-state index in [-0.39, 0.29) is 17.8 Å². The lowest BCUT2D eigenvalue weighted by atomic mass is 10.1. The fourth-order valence-electron chi connectivity index (χ4n) is 3.19. The van der Waals surface area contributed by atoms with Crippen LogP contribution in [-0.2, 0) is 17.7 Å². The molecule has 2 amide bonds. The molecule has 1 aliphatic heterocycles. The fourth-order valence-corrected chi connectivity index (χ4v) is 4.21. The van der Waals surface area contributed by atoms with Gasteiger partial charge in [0, 0.05) is 23.4 Å². The summed E-state index contributed by atoms with van der Waals surface area (Å²) < 4.78 is 18.6. The van der Waals surface area contributed by atoms with Gasteiger partial charge in [0.15, 0.2) is 5.13 Å². The summed E-state index contributed by atoms with van der Waals surface area (Å²) in [6.07, 6.45) is 1.65. The molecule has 0 spiro atoms. The van der Waals surface area contributed by atoms with E-state index in [1.54, 1.807) is 17.0 Å². The maximum absolute atomic E-state index is 13.2. The van der Waals surface area contributed by atoms with Crippen LogP contribution in [0, 0.1) is 5.82 Å². The largest absolute Gasteiger partial charge is 0.444 e. The molecule has 1 aliphatic rings. The first-order valence-corrected chi connectivity index (χ1v) is 10.6. The molecule has 0 saturated carbocycles. The number of rotatable bonds is 3. The van der Waals surface area contributed by atoms with Crippen LogP contribution >= 0.6 is 11.3 Å². The standard InChI is InChI=1S/C21H22FN5O3S/c1-21(2,3)30-20(29)27-9-8-15-16(11-27)31-19(24-15)25-18(28)14-10-23-26-17(14)12-4-6-13(22)7-5-12/h4-7,10H,8-9,11H2,1-3H3,(H,23,26)(H,24,25,28). The summed E-state index contributed by atoms with van der Waals surface area (Å²) in [7, 11) is 0. The van der Waals surface area contributed by atoms with E-state index in [0.717, 1.165) is 10.6 Å². The third kappa shape index (κ3) is 4.74. The van der Waals surface area contributed by atoms with E-state index >= 15 is 0 Å². The van der Waals surface area contributed by atoms with Gasteiger partial charge in [-0.2, -0.15) is 5.10 Å². The molecule has 0 unspecified atom stereocenters. The Morgan fingerprint density at radius 2 is 2.00 bits per heavy atom. The van der Waals surface area contributed by atoms with Gasteiger partial charge in [0.25, 0.3) is 5.91 Å². The maximum Gasteiger partial charge on any atom is 0.410 e. The number of thiazole rings is 1. The number of carbonyl (C=O) groups is 2. The molecule has 0 atom stereocenters. The fraction of sp³-hybridized carbons (Fsp3) is 0.333. The molecule has 3 aromatic rings. The Labute approximate surface area is 182 Å². The van der Waals surface area contributed by atoms with Gasteiger partial charge in [-0.25, -0.2) is 14.2 Å². The third-order valence-electron chi connectivity index (χ3n) is 4.62. The van der Waals surface area contributed by atoms with Crippen molar-refractivity contribution in [3.05, 3.63) is 52.4 Å². The average molecular weight is 444 g/mol. The lowest BCUT2D eigenvalue weighted by Crippen LogP contribution is -2.39. The molecule has 162 valence electrons. The van der Waals surface area contributed by atoms with Crippen LogP contribution in [0.4, 0.5) is 14.3 Å². The molecular weight excluding hydrogens is 421 g/mol. The molecule has 2 aromatic heterocycles. The summed E-state index contributed by atoms with van der Waals surface area (Å²) in [6.45, 7) is 6.39. The van der Waals surface area contributed by atoms with Crippen LogP contribution in [0.2, 0.25) is 0 Å². The highest BCUT2D eigenvalue weighted by molar-refractivity contribution is 7.15. The zero-order valence-electron chi connectivity index (χ0n) is 17.4. The zero-order chi connectivity index (χ0) is 22.2. The van der Waals surface area contributed by atoms with E-state index in [1.165, 1.54) is 29.7 Å². The second-order valence-corrected chi connectivity index (χ2v) is 9.24. The van der Waals surface area contributed by atoms with Crippen molar-refractivity contribution < 1.29 is 18.7 Å². The minimum Gasteiger partial charge on any atom is -0.444 e. The second-order valence-electron chi connectivity index (χ2n) is 8.16. The van der Waals surface area contributed by atoms with Gasteiger partial charge < -0.3 is 9.64 Å². The number of nitrogens with zero attached hydrogens (tertiary/aromatic N) is 3. The maximum atomic E-state index is 13.2. The van der Waals surface area contributed by atoms with E-state index in [0.29, 0.717) is 41.5 Å². The van der Waals surface area contributed by atoms with E-state index in [9.17, 15) is 14.0 Å². The zero-order valence-corrected chi connectivity index (χ0v) is 18.2. The first-order chi connectivity index (χ1) is 14.7. The minimum atomic E-state index is -0.559. The van der Waals surface area contributed by atoms with Crippen molar-refractivity contribution in [2.45, 2.75) is 39.3 Å². The van der Waals surface area contributed by atoms with Gasteiger partial charge in [-0.05, 0) is 45.0 Å². The van der Waals surface area contributed by atoms with E-state index in [1.807, 2.05) is 20.8 Å². The van der Waals surface area contributed by atoms with E-state index in [2.05, 4.69) is 20.5 Å². The number of aromatic nitrogens is 3. The Morgan fingerprint density at radius 3 is 2.71 bits per heavy atom. The topological polar surface area (TPSA) is 100 Å². The number of carbonyl (C=O) groups excluding carboxylic acids is 2. The number of aromatic amines is 1. The predicted molar refractivity (Wildman–Crippen MR) is 114 cm³/mol. The normalized spacial score (nSPS) is 13.6. The van der Waals surface area contributed by atoms with Gasteiger partial charge in [0.1, 0.15) is 11.4 Å². The van der Waals surface area contributed by atoms with Gasteiger partial charge in [-0.1, -0.05) is 11.3 Å². The smallest absolute Gasteiger partial charge is 0.410 e. The van der Waals surface area contributed by atoms with Crippen molar-refractivity contribution in [1.29, 1.82) is 0 Å². The second kappa shape index (κ2) is 8.10. The number of anilines is 1. The highest BCUT2D eigenvalue weighted by Crippen LogP contribution is 2.30. The number of H-pyrrole nitrogens is 1. The van der Waals surface area contributed by atoms with Crippen molar-refractivity contribution in [3.8, 4) is 11.3 Å². The molecule has 10 heteroatoms. The molecule has 31 heavy (non-hydrogen) atoms. The number of hydrogen-bond acceptors (Lipinski definition) is 6. The van der Waals surface area contributed by atoms with Gasteiger partial charge in [0.05, 0.1) is 29.7 Å². The molecule has 2 N–H and O–H groups in total. The lowest BCUT2D eigenvalue weighted by molar-refractivity contribution is 0.0225. The predicted octanol–water partition coefficient (Wildman–Crippen LogP) is 4.22. The summed E-state index contributed by atoms with van der Waals surface area (Å²) in [5, 5.41) is 9.99. The van der Waals surface area contributed by atoms with Crippen molar-refractivity contribution in [2.75, 3.05) is 11.9 Å². The molecule has 8 nitrogen and oxygen atoms in total. The summed E-state index contributed by atoms with van der Waals surface area (Å²) in [5.74, 6) is -0.730. The number of benzene rings is 1. The summed E-state index contributed by atoms with van der Waals surface area (Å²) >= 11 is 1.33. The Hall–Kier alpha value is -3.27. The van der Waals surface area contributed by atoms with Gasteiger partial charge in [-0.3, -0.25) is 15.2 Å². The molecule has 4 rings (SSSR count). The van der Waals surface area contributed by atoms with Crippen LogP contribution in [0.1, 0.15) is 41.7 Å². The van der Waals surface area contributed by atoms with Crippen LogP contribution in [-0.4, -0.2) is 44.2 Å². The van der Waals surface area contributed by atoms with E-state index < -0.39 is 5.60 Å². The summed E-state index contributed by atoms with van der Waals surface area (Å²) in [5.41, 5.74) is 1.78. The summed E-state index contributed by atoms with van der Waals surface area (Å²) in [6, 6.07) is 5.80. The van der Waals surface area contributed by atoms with Gasteiger partial charge >= 0.3 is 6.09 Å². The molecule has 0 aliphatic carbocycles. The van der Waals surface area contributed by atoms with Crippen LogP contribution in [0.3, 0.4) is 0 Å². The lowest BCUT2D eigenvalue weighted by Gasteiger charge is -2.29. The number of halogens is 1. The Morgan fingerprint density at radius 1 is 1.26 bits per heavy atom. The minimum absolute atomic E-state index is 0.329. The first kappa shape index (κ1) is 21.0. The van der Waals surface area contributed by atoms with Crippen molar-refractivity contribution >= 4 is 28.5 Å². The number of fused-ring (bicyclic) bond motifs is 1. The number of nitrogens with one attached hydrogen (secondary N) is 2. The van der Waals surface area contributed by atoms with Crippen molar-refractivity contribution in [1.82, 2.24) is 20.1 Å². The van der Waals surface area contributed by atoms with Crippen molar-refractivity contribution in [2.24, 2.45) is 0 Å². The SMILES string of the molecule is CC(C)(C)OC(=O)N1CCc2nc(NC(=O)c3cn[nH]c3-c3ccc(F)cc3)sc2C1. The Bertz CT molecular complexity index is 1120.